The van der Waals surface area contributed by atoms with E-state index in [0.717, 1.165) is 10.7 Å². The van der Waals surface area contributed by atoms with Crippen LogP contribution in [0.1, 0.15) is 47.4 Å². The molecule has 1 fully saturated rings. The molecule has 14 heteroatoms. The minimum absolute atomic E-state index is 0.00873. The van der Waals surface area contributed by atoms with Crippen molar-refractivity contribution in [3.8, 4) is 0 Å². The Hall–Kier alpha value is -2.64. The third-order valence-electron chi connectivity index (χ3n) is 5.42. The van der Waals surface area contributed by atoms with Crippen LogP contribution in [0.3, 0.4) is 0 Å². The van der Waals surface area contributed by atoms with Gasteiger partial charge in [-0.2, -0.15) is 31.4 Å². The van der Waals surface area contributed by atoms with Crippen LogP contribution in [0.2, 0.25) is 0 Å². The van der Waals surface area contributed by atoms with Gasteiger partial charge < -0.3 is 5.32 Å². The first-order valence-electron chi connectivity index (χ1n) is 9.63. The quantitative estimate of drug-likeness (QED) is 0.505. The van der Waals surface area contributed by atoms with Gasteiger partial charge in [0, 0.05) is 19.2 Å². The zero-order valence-electron chi connectivity index (χ0n) is 17.0. The van der Waals surface area contributed by atoms with Crippen LogP contribution in [0.15, 0.2) is 29.2 Å². The number of hydrogen-bond acceptors (Lipinski definition) is 4. The van der Waals surface area contributed by atoms with Crippen molar-refractivity contribution >= 4 is 15.7 Å². The number of nitrogens with zero attached hydrogens (tertiary/aromatic N) is 2. The standard InChI is InChI=1S/C19H18F7N3O3S/c1-29-15(9-16(28-29)19(24,25)26)17(30)27-10-2-4-11(5-3-10)33(31,32)12-6-7-14(20)13(8-12)18(21,22)23/h6-11H,2-5H2,1H3,(H,27,30). The lowest BCUT2D eigenvalue weighted by molar-refractivity contribution is -0.141. The van der Waals surface area contributed by atoms with Crippen molar-refractivity contribution in [3.63, 3.8) is 0 Å². The summed E-state index contributed by atoms with van der Waals surface area (Å²) in [7, 11) is -3.03. The van der Waals surface area contributed by atoms with E-state index < -0.39 is 61.4 Å². The maximum atomic E-state index is 13.5. The van der Waals surface area contributed by atoms with Gasteiger partial charge in [0.25, 0.3) is 5.91 Å². The first-order chi connectivity index (χ1) is 15.1. The summed E-state index contributed by atoms with van der Waals surface area (Å²) >= 11 is 0. The van der Waals surface area contributed by atoms with Crippen LogP contribution in [-0.4, -0.2) is 35.4 Å². The fourth-order valence-corrected chi connectivity index (χ4v) is 5.50. The summed E-state index contributed by atoms with van der Waals surface area (Å²) in [4.78, 5) is 11.7. The van der Waals surface area contributed by atoms with Gasteiger partial charge in [-0.1, -0.05) is 0 Å². The van der Waals surface area contributed by atoms with Crippen LogP contribution < -0.4 is 5.32 Å². The van der Waals surface area contributed by atoms with Crippen molar-refractivity contribution in [2.24, 2.45) is 7.05 Å². The molecule has 1 aromatic carbocycles. The van der Waals surface area contributed by atoms with E-state index in [-0.39, 0.29) is 37.4 Å². The molecule has 1 N–H and O–H groups in total. The Bertz CT molecular complexity index is 1150. The van der Waals surface area contributed by atoms with E-state index in [0.29, 0.717) is 12.1 Å². The zero-order valence-corrected chi connectivity index (χ0v) is 17.8. The largest absolute Gasteiger partial charge is 0.435 e. The highest BCUT2D eigenvalue weighted by molar-refractivity contribution is 7.92. The molecule has 0 spiro atoms. The number of rotatable bonds is 4. The number of sulfone groups is 1. The number of nitrogens with one attached hydrogen (secondary N) is 1. The number of aromatic nitrogens is 2. The van der Waals surface area contributed by atoms with E-state index in [2.05, 4.69) is 10.4 Å². The number of benzene rings is 1. The van der Waals surface area contributed by atoms with E-state index >= 15 is 0 Å². The summed E-state index contributed by atoms with van der Waals surface area (Å²) in [5, 5.41) is 4.73. The van der Waals surface area contributed by atoms with Gasteiger partial charge in [-0.25, -0.2) is 12.8 Å². The van der Waals surface area contributed by atoms with E-state index in [1.54, 1.807) is 0 Å². The highest BCUT2D eigenvalue weighted by Crippen LogP contribution is 2.35. The Morgan fingerprint density at radius 1 is 1.03 bits per heavy atom. The van der Waals surface area contributed by atoms with Crippen LogP contribution in [0.25, 0.3) is 0 Å². The van der Waals surface area contributed by atoms with E-state index in [9.17, 15) is 43.9 Å². The average molecular weight is 501 g/mol. The summed E-state index contributed by atoms with van der Waals surface area (Å²) in [5.74, 6) is -2.41. The molecule has 0 radical (unpaired) electrons. The summed E-state index contributed by atoms with van der Waals surface area (Å²) in [6, 6.07) is 1.53. The molecule has 2 aromatic rings. The molecule has 1 saturated carbocycles. The van der Waals surface area contributed by atoms with Crippen LogP contribution in [0, 0.1) is 5.82 Å². The minimum Gasteiger partial charge on any atom is -0.348 e. The summed E-state index contributed by atoms with van der Waals surface area (Å²) < 4.78 is 117. The first kappa shape index (κ1) is 25.0. The molecular weight excluding hydrogens is 483 g/mol. The number of carbonyl (C=O) groups is 1. The second-order valence-electron chi connectivity index (χ2n) is 7.67. The SMILES string of the molecule is Cn1nc(C(F)(F)F)cc1C(=O)NC1CCC(S(=O)(=O)c2ccc(F)c(C(F)(F)F)c2)CC1. The molecular formula is C19H18F7N3O3S. The second kappa shape index (κ2) is 8.61. The molecule has 1 heterocycles. The van der Waals surface area contributed by atoms with Gasteiger partial charge in [-0.05, 0) is 43.9 Å². The van der Waals surface area contributed by atoms with Crippen molar-refractivity contribution in [3.05, 3.63) is 47.0 Å². The minimum atomic E-state index is -5.06. The fourth-order valence-electron chi connectivity index (χ4n) is 3.69. The van der Waals surface area contributed by atoms with Gasteiger partial charge in [0.2, 0.25) is 0 Å². The van der Waals surface area contributed by atoms with Crippen molar-refractivity contribution in [1.82, 2.24) is 15.1 Å². The lowest BCUT2D eigenvalue weighted by atomic mass is 9.95. The number of hydrogen-bond donors (Lipinski definition) is 1. The number of alkyl halides is 6. The number of halogens is 7. The highest BCUT2D eigenvalue weighted by Gasteiger charge is 2.38. The Kier molecular flexibility index (Phi) is 6.52. The molecule has 1 aliphatic rings. The van der Waals surface area contributed by atoms with Gasteiger partial charge in [-0.15, -0.1) is 0 Å². The summed E-state index contributed by atoms with van der Waals surface area (Å²) in [6.45, 7) is 0. The molecule has 0 atom stereocenters. The normalized spacial score (nSPS) is 20.0. The Morgan fingerprint density at radius 3 is 2.15 bits per heavy atom. The molecule has 6 nitrogen and oxygen atoms in total. The molecule has 3 rings (SSSR count). The lowest BCUT2D eigenvalue weighted by Crippen LogP contribution is -2.40. The second-order valence-corrected chi connectivity index (χ2v) is 9.90. The van der Waals surface area contributed by atoms with Crippen LogP contribution in [0.5, 0.6) is 0 Å². The Labute approximate surface area is 183 Å². The fraction of sp³-hybridized carbons (Fsp3) is 0.474. The predicted octanol–water partition coefficient (Wildman–Crippen LogP) is 4.11. The number of carbonyl (C=O) groups excluding carboxylic acids is 1. The third-order valence-corrected chi connectivity index (χ3v) is 7.68. The zero-order chi connectivity index (χ0) is 24.8. The molecule has 1 amide bonds. The van der Waals surface area contributed by atoms with Crippen LogP contribution in [-0.2, 0) is 29.2 Å². The third kappa shape index (κ3) is 5.31. The highest BCUT2D eigenvalue weighted by atomic mass is 32.2. The maximum Gasteiger partial charge on any atom is 0.435 e. The number of amides is 1. The van der Waals surface area contributed by atoms with E-state index in [4.69, 9.17) is 0 Å². The van der Waals surface area contributed by atoms with Crippen molar-refractivity contribution in [2.45, 2.75) is 54.2 Å². The molecule has 0 saturated heterocycles. The van der Waals surface area contributed by atoms with E-state index in [1.165, 1.54) is 7.05 Å². The molecule has 0 aliphatic heterocycles. The topological polar surface area (TPSA) is 81.1 Å². The molecule has 0 unspecified atom stereocenters. The van der Waals surface area contributed by atoms with Crippen molar-refractivity contribution < 1.29 is 43.9 Å². The van der Waals surface area contributed by atoms with Gasteiger partial charge in [-0.3, -0.25) is 9.48 Å². The predicted molar refractivity (Wildman–Crippen MR) is 100 cm³/mol. The lowest BCUT2D eigenvalue weighted by Gasteiger charge is -2.29. The average Bonchev–Trinajstić information content (AvgIpc) is 3.10. The van der Waals surface area contributed by atoms with Gasteiger partial charge >= 0.3 is 12.4 Å². The monoisotopic (exact) mass is 501 g/mol. The molecule has 1 aliphatic carbocycles. The molecule has 1 aromatic heterocycles. The molecule has 33 heavy (non-hydrogen) atoms. The Morgan fingerprint density at radius 2 is 1.64 bits per heavy atom. The van der Waals surface area contributed by atoms with Gasteiger partial charge in [0.1, 0.15) is 11.5 Å². The Balaban J connectivity index is 1.68. The molecule has 182 valence electrons. The summed E-state index contributed by atoms with van der Waals surface area (Å²) in [5.41, 5.74) is -3.25. The number of aryl methyl sites for hydroxylation is 1. The maximum absolute atomic E-state index is 13.5. The van der Waals surface area contributed by atoms with Crippen LogP contribution >= 0.6 is 0 Å². The van der Waals surface area contributed by atoms with Gasteiger partial charge in [0.05, 0.1) is 15.7 Å². The summed E-state index contributed by atoms with van der Waals surface area (Å²) in [6.07, 6.45) is -9.54. The van der Waals surface area contributed by atoms with Crippen molar-refractivity contribution in [1.29, 1.82) is 0 Å². The van der Waals surface area contributed by atoms with Crippen molar-refractivity contribution in [2.75, 3.05) is 0 Å². The smallest absolute Gasteiger partial charge is 0.348 e. The van der Waals surface area contributed by atoms with E-state index in [1.807, 2.05) is 0 Å². The van der Waals surface area contributed by atoms with Crippen LogP contribution in [0.4, 0.5) is 30.7 Å². The van der Waals surface area contributed by atoms with Gasteiger partial charge in [0.15, 0.2) is 15.5 Å². The first-order valence-corrected chi connectivity index (χ1v) is 11.2. The molecule has 0 bridgehead atoms.